The molecule has 2 amide bonds. The van der Waals surface area contributed by atoms with Crippen LogP contribution in [0.3, 0.4) is 0 Å². The molecule has 1 fully saturated rings. The first kappa shape index (κ1) is 30.8. The quantitative estimate of drug-likeness (QED) is 0.295. The zero-order valence-corrected chi connectivity index (χ0v) is 26.0. The van der Waals surface area contributed by atoms with Crippen LogP contribution in [0.2, 0.25) is 0 Å². The Morgan fingerprint density at radius 1 is 0.927 bits per heavy atom. The van der Waals surface area contributed by atoms with Crippen molar-refractivity contribution >= 4 is 43.5 Å². The van der Waals surface area contributed by atoms with E-state index in [9.17, 15) is 18.0 Å². The Hall–Kier alpha value is -3.17. The van der Waals surface area contributed by atoms with E-state index in [4.69, 9.17) is 0 Å². The number of carbonyl (C=O) groups excluding carboxylic acids is 2. The van der Waals surface area contributed by atoms with Crippen molar-refractivity contribution < 1.29 is 18.0 Å². The van der Waals surface area contributed by atoms with Gasteiger partial charge in [-0.05, 0) is 55.2 Å². The highest BCUT2D eigenvalue weighted by Crippen LogP contribution is 2.23. The lowest BCUT2D eigenvalue weighted by Gasteiger charge is -2.35. The van der Waals surface area contributed by atoms with Crippen LogP contribution < -0.4 is 9.62 Å². The molecule has 0 unspecified atom stereocenters. The van der Waals surface area contributed by atoms with Gasteiger partial charge in [0.05, 0.1) is 11.9 Å². The molecular weight excluding hydrogens is 602 g/mol. The molecule has 0 heterocycles. The number of hydrogen-bond donors (Lipinski definition) is 1. The molecule has 7 nitrogen and oxygen atoms in total. The van der Waals surface area contributed by atoms with Crippen LogP contribution in [0.5, 0.6) is 0 Å². The molecule has 0 aliphatic heterocycles. The summed E-state index contributed by atoms with van der Waals surface area (Å²) in [7, 11) is -3.79. The number of carbonyl (C=O) groups is 2. The van der Waals surface area contributed by atoms with Crippen LogP contribution in [-0.4, -0.2) is 50.0 Å². The highest BCUT2D eigenvalue weighted by Gasteiger charge is 2.34. The van der Waals surface area contributed by atoms with E-state index >= 15 is 0 Å². The van der Waals surface area contributed by atoms with Crippen LogP contribution in [0.25, 0.3) is 0 Å². The second-order valence-corrected chi connectivity index (χ2v) is 13.6. The highest BCUT2D eigenvalue weighted by atomic mass is 79.9. The van der Waals surface area contributed by atoms with Crippen LogP contribution in [-0.2, 0) is 32.6 Å². The lowest BCUT2D eigenvalue weighted by Crippen LogP contribution is -2.55. The topological polar surface area (TPSA) is 86.8 Å². The molecule has 218 valence electrons. The van der Waals surface area contributed by atoms with Crippen molar-refractivity contribution in [3.05, 3.63) is 100 Å². The minimum absolute atomic E-state index is 0.0671. The molecule has 4 rings (SSSR count). The maximum atomic E-state index is 14.2. The summed E-state index contributed by atoms with van der Waals surface area (Å²) < 4.78 is 27.8. The van der Waals surface area contributed by atoms with Gasteiger partial charge in [-0.2, -0.15) is 0 Å². The zero-order valence-electron chi connectivity index (χ0n) is 23.6. The summed E-state index contributed by atoms with van der Waals surface area (Å²) in [6.45, 7) is 1.65. The van der Waals surface area contributed by atoms with Crippen LogP contribution in [0, 0.1) is 6.92 Å². The molecular formula is C32H38BrN3O4S. The molecule has 0 bridgehead atoms. The van der Waals surface area contributed by atoms with E-state index in [0.717, 1.165) is 63.8 Å². The van der Waals surface area contributed by atoms with Crippen molar-refractivity contribution in [1.82, 2.24) is 10.2 Å². The first-order chi connectivity index (χ1) is 19.6. The van der Waals surface area contributed by atoms with Crippen molar-refractivity contribution in [1.29, 1.82) is 0 Å². The molecule has 0 saturated heterocycles. The van der Waals surface area contributed by atoms with Crippen molar-refractivity contribution in [3.8, 4) is 0 Å². The number of sulfonamides is 1. The molecule has 9 heteroatoms. The Morgan fingerprint density at radius 3 is 2.22 bits per heavy atom. The van der Waals surface area contributed by atoms with Crippen LogP contribution in [0.1, 0.15) is 48.8 Å². The van der Waals surface area contributed by atoms with Gasteiger partial charge in [-0.3, -0.25) is 13.9 Å². The number of nitrogens with zero attached hydrogens (tertiary/aromatic N) is 2. The molecule has 0 radical (unpaired) electrons. The predicted octanol–water partition coefficient (Wildman–Crippen LogP) is 5.61. The van der Waals surface area contributed by atoms with E-state index in [-0.39, 0.29) is 18.5 Å². The van der Waals surface area contributed by atoms with E-state index < -0.39 is 28.5 Å². The maximum absolute atomic E-state index is 14.2. The number of hydrogen-bond acceptors (Lipinski definition) is 4. The minimum Gasteiger partial charge on any atom is -0.352 e. The number of nitrogens with one attached hydrogen (secondary N) is 1. The second kappa shape index (κ2) is 14.1. The smallest absolute Gasteiger partial charge is 0.244 e. The lowest BCUT2D eigenvalue weighted by molar-refractivity contribution is -0.140. The summed E-state index contributed by atoms with van der Waals surface area (Å²) in [6, 6.07) is 23.5. The van der Waals surface area contributed by atoms with Gasteiger partial charge < -0.3 is 10.2 Å². The van der Waals surface area contributed by atoms with Gasteiger partial charge in [0.1, 0.15) is 12.6 Å². The van der Waals surface area contributed by atoms with Crippen molar-refractivity contribution in [3.63, 3.8) is 0 Å². The summed E-state index contributed by atoms with van der Waals surface area (Å²) in [5.74, 6) is -0.666. The van der Waals surface area contributed by atoms with E-state index in [1.165, 1.54) is 0 Å². The Morgan fingerprint density at radius 2 is 1.59 bits per heavy atom. The number of rotatable bonds is 11. The standard InChI is InChI=1S/C32H38BrN3O4S/c1-24-16-18-29(19-17-24)36(41(2,39)40)23-31(37)35(22-26-12-9-13-27(33)20-26)30(21-25-10-5-3-6-11-25)32(38)34-28-14-7-4-8-15-28/h3,5-6,9-13,16-20,28,30H,4,7-8,14-15,21-23H2,1-2H3,(H,34,38)/t30-/m1/s1. The third-order valence-corrected chi connectivity index (χ3v) is 9.10. The van der Waals surface area contributed by atoms with Gasteiger partial charge in [0.2, 0.25) is 21.8 Å². The number of benzene rings is 3. The largest absolute Gasteiger partial charge is 0.352 e. The predicted molar refractivity (Wildman–Crippen MR) is 167 cm³/mol. The van der Waals surface area contributed by atoms with Crippen LogP contribution in [0.4, 0.5) is 5.69 Å². The molecule has 0 spiro atoms. The van der Waals surface area contributed by atoms with Crippen molar-refractivity contribution in [2.45, 2.75) is 64.1 Å². The fourth-order valence-corrected chi connectivity index (χ4v) is 6.55. The highest BCUT2D eigenvalue weighted by molar-refractivity contribution is 9.10. The first-order valence-electron chi connectivity index (χ1n) is 14.0. The van der Waals surface area contributed by atoms with Gasteiger partial charge in [-0.25, -0.2) is 8.42 Å². The van der Waals surface area contributed by atoms with Crippen molar-refractivity contribution in [2.75, 3.05) is 17.1 Å². The van der Waals surface area contributed by atoms with Crippen LogP contribution in [0.15, 0.2) is 83.3 Å². The van der Waals surface area contributed by atoms with Crippen molar-refractivity contribution in [2.24, 2.45) is 0 Å². The molecule has 1 atom stereocenters. The number of anilines is 1. The average molecular weight is 641 g/mol. The summed E-state index contributed by atoms with van der Waals surface area (Å²) in [5.41, 5.74) is 3.13. The zero-order chi connectivity index (χ0) is 29.4. The molecule has 1 aliphatic carbocycles. The molecule has 0 aromatic heterocycles. The fraction of sp³-hybridized carbons (Fsp3) is 0.375. The van der Waals surface area contributed by atoms with Crippen LogP contribution >= 0.6 is 15.9 Å². The normalized spacial score (nSPS) is 14.7. The van der Waals surface area contributed by atoms with Gasteiger partial charge >= 0.3 is 0 Å². The molecule has 1 saturated carbocycles. The summed E-state index contributed by atoms with van der Waals surface area (Å²) in [4.78, 5) is 29.7. The third kappa shape index (κ3) is 8.91. The van der Waals surface area contributed by atoms with Gasteiger partial charge in [0, 0.05) is 23.5 Å². The fourth-order valence-electron chi connectivity index (χ4n) is 5.26. The molecule has 3 aromatic carbocycles. The van der Waals surface area contributed by atoms with E-state index in [1.807, 2.05) is 73.7 Å². The summed E-state index contributed by atoms with van der Waals surface area (Å²) in [6.07, 6.45) is 6.52. The van der Waals surface area contributed by atoms with E-state index in [0.29, 0.717) is 12.1 Å². The van der Waals surface area contributed by atoms with Gasteiger partial charge in [0.15, 0.2) is 0 Å². The molecule has 41 heavy (non-hydrogen) atoms. The first-order valence-corrected chi connectivity index (χ1v) is 16.7. The van der Waals surface area contributed by atoms with E-state index in [2.05, 4.69) is 21.2 Å². The summed E-state index contributed by atoms with van der Waals surface area (Å²) >= 11 is 3.51. The van der Waals surface area contributed by atoms with Gasteiger partial charge in [-0.15, -0.1) is 0 Å². The Labute approximate surface area is 252 Å². The molecule has 3 aromatic rings. The SMILES string of the molecule is Cc1ccc(N(CC(=O)N(Cc2cccc(Br)c2)[C@H](Cc2ccccc2)C(=O)NC2CCCCC2)S(C)(=O)=O)cc1. The second-order valence-electron chi connectivity index (χ2n) is 10.8. The summed E-state index contributed by atoms with van der Waals surface area (Å²) in [5, 5.41) is 3.22. The monoisotopic (exact) mass is 639 g/mol. The average Bonchev–Trinajstić information content (AvgIpc) is 2.94. The van der Waals surface area contributed by atoms with E-state index in [1.54, 1.807) is 17.0 Å². The number of halogens is 1. The molecule has 1 aliphatic rings. The number of aryl methyl sites for hydroxylation is 1. The molecule has 1 N–H and O–H groups in total. The van der Waals surface area contributed by atoms with Gasteiger partial charge in [-0.1, -0.05) is 95.4 Å². The lowest BCUT2D eigenvalue weighted by atomic mass is 9.94. The third-order valence-electron chi connectivity index (χ3n) is 7.47. The number of amides is 2. The Kier molecular flexibility index (Phi) is 10.6. The minimum atomic E-state index is -3.79. The van der Waals surface area contributed by atoms with Gasteiger partial charge in [0.25, 0.3) is 0 Å². The Balaban J connectivity index is 1.71. The maximum Gasteiger partial charge on any atom is 0.244 e. The Bertz CT molecular complexity index is 1420.